The first kappa shape index (κ1) is 9.59. The highest BCUT2D eigenvalue weighted by Crippen LogP contribution is 2.36. The lowest BCUT2D eigenvalue weighted by atomic mass is 10.1. The Balaban J connectivity index is 2.01. The molecule has 1 aliphatic carbocycles. The van der Waals surface area contributed by atoms with Gasteiger partial charge in [-0.15, -0.1) is 0 Å². The molecule has 0 atom stereocenters. The number of nitrogens with zero attached hydrogens (tertiary/aromatic N) is 2. The minimum atomic E-state index is 0.132. The lowest BCUT2D eigenvalue weighted by Crippen LogP contribution is -2.22. The summed E-state index contributed by atoms with van der Waals surface area (Å²) in [5.74, 6) is 0.863. The minimum absolute atomic E-state index is 0.132. The van der Waals surface area contributed by atoms with E-state index < -0.39 is 0 Å². The Labute approximate surface area is 84.8 Å². The molecule has 0 amide bonds. The molecule has 0 saturated heterocycles. The van der Waals surface area contributed by atoms with E-state index in [1.165, 1.54) is 12.8 Å². The van der Waals surface area contributed by atoms with Crippen LogP contribution in [-0.2, 0) is 6.42 Å². The predicted molar refractivity (Wildman–Crippen MR) is 56.0 cm³/mol. The summed E-state index contributed by atoms with van der Waals surface area (Å²) in [4.78, 5) is 8.65. The van der Waals surface area contributed by atoms with Crippen molar-refractivity contribution in [1.29, 1.82) is 0 Å². The summed E-state index contributed by atoms with van der Waals surface area (Å²) in [6, 6.07) is 2.05. The molecule has 14 heavy (non-hydrogen) atoms. The maximum absolute atomic E-state index is 6.03. The maximum Gasteiger partial charge on any atom is 0.125 e. The van der Waals surface area contributed by atoms with E-state index in [-0.39, 0.29) is 5.54 Å². The molecule has 1 aromatic rings. The Morgan fingerprint density at radius 2 is 2.07 bits per heavy atom. The fourth-order valence-electron chi connectivity index (χ4n) is 1.71. The first-order chi connectivity index (χ1) is 6.57. The van der Waals surface area contributed by atoms with Crippen molar-refractivity contribution < 1.29 is 0 Å². The van der Waals surface area contributed by atoms with E-state index in [0.717, 1.165) is 30.1 Å². The molecule has 76 valence electrons. The summed E-state index contributed by atoms with van der Waals surface area (Å²) in [7, 11) is 0. The van der Waals surface area contributed by atoms with E-state index in [9.17, 15) is 0 Å². The molecule has 0 radical (unpaired) electrons. The lowest BCUT2D eigenvalue weighted by Gasteiger charge is -2.08. The number of rotatable bonds is 3. The van der Waals surface area contributed by atoms with Crippen LogP contribution in [0.1, 0.15) is 36.5 Å². The van der Waals surface area contributed by atoms with Gasteiger partial charge in [-0.25, -0.2) is 9.97 Å². The summed E-state index contributed by atoms with van der Waals surface area (Å²) in [5, 5.41) is 0. The molecule has 1 saturated carbocycles. The molecule has 0 bridgehead atoms. The van der Waals surface area contributed by atoms with E-state index in [4.69, 9.17) is 5.73 Å². The van der Waals surface area contributed by atoms with Crippen LogP contribution in [0.3, 0.4) is 0 Å². The fourth-order valence-corrected chi connectivity index (χ4v) is 1.71. The molecule has 3 nitrogen and oxygen atoms in total. The molecule has 2 rings (SSSR count). The van der Waals surface area contributed by atoms with Gasteiger partial charge >= 0.3 is 0 Å². The minimum Gasteiger partial charge on any atom is -0.325 e. The highest BCUT2D eigenvalue weighted by atomic mass is 14.9. The zero-order valence-corrected chi connectivity index (χ0v) is 8.88. The first-order valence-electron chi connectivity index (χ1n) is 5.17. The molecule has 0 aromatic carbocycles. The van der Waals surface area contributed by atoms with Crippen molar-refractivity contribution in [3.63, 3.8) is 0 Å². The molecule has 1 heterocycles. The van der Waals surface area contributed by atoms with Crippen LogP contribution in [0, 0.1) is 13.8 Å². The second-order valence-corrected chi connectivity index (χ2v) is 4.41. The van der Waals surface area contributed by atoms with Crippen LogP contribution < -0.4 is 5.73 Å². The summed E-state index contributed by atoms with van der Waals surface area (Å²) in [5.41, 5.74) is 8.34. The Morgan fingerprint density at radius 1 is 1.36 bits per heavy atom. The largest absolute Gasteiger partial charge is 0.325 e. The van der Waals surface area contributed by atoms with Crippen molar-refractivity contribution >= 4 is 0 Å². The van der Waals surface area contributed by atoms with E-state index in [0.29, 0.717) is 0 Å². The third-order valence-corrected chi connectivity index (χ3v) is 2.79. The molecule has 2 N–H and O–H groups in total. The van der Waals surface area contributed by atoms with Gasteiger partial charge in [0.15, 0.2) is 0 Å². The molecule has 1 fully saturated rings. The summed E-state index contributed by atoms with van der Waals surface area (Å²) < 4.78 is 0. The van der Waals surface area contributed by atoms with Gasteiger partial charge in [-0.3, -0.25) is 0 Å². The van der Waals surface area contributed by atoms with E-state index in [2.05, 4.69) is 16.0 Å². The lowest BCUT2D eigenvalue weighted by molar-refractivity contribution is 0.601. The molecule has 0 unspecified atom stereocenters. The van der Waals surface area contributed by atoms with Crippen molar-refractivity contribution in [3.05, 3.63) is 23.3 Å². The number of nitrogens with two attached hydrogens (primary N) is 1. The maximum atomic E-state index is 6.03. The van der Waals surface area contributed by atoms with Crippen molar-refractivity contribution in [2.75, 3.05) is 0 Å². The standard InChI is InChI=1S/C11H17N3/c1-8-7-10(14-9(2)13-8)3-4-11(12)5-6-11/h7H,3-6,12H2,1-2H3. The van der Waals surface area contributed by atoms with Crippen LogP contribution >= 0.6 is 0 Å². The number of aromatic nitrogens is 2. The normalized spacial score (nSPS) is 18.2. The summed E-state index contributed by atoms with van der Waals surface area (Å²) in [6.07, 6.45) is 4.40. The average molecular weight is 191 g/mol. The van der Waals surface area contributed by atoms with Crippen molar-refractivity contribution in [1.82, 2.24) is 9.97 Å². The van der Waals surface area contributed by atoms with E-state index >= 15 is 0 Å². The van der Waals surface area contributed by atoms with Crippen LogP contribution in [0.5, 0.6) is 0 Å². The molecule has 3 heteroatoms. The van der Waals surface area contributed by atoms with Crippen molar-refractivity contribution in [3.8, 4) is 0 Å². The van der Waals surface area contributed by atoms with Crippen LogP contribution in [0.4, 0.5) is 0 Å². The van der Waals surface area contributed by atoms with Gasteiger partial charge < -0.3 is 5.73 Å². The zero-order valence-electron chi connectivity index (χ0n) is 8.88. The van der Waals surface area contributed by atoms with Crippen LogP contribution in [0.15, 0.2) is 6.07 Å². The Kier molecular flexibility index (Phi) is 2.27. The van der Waals surface area contributed by atoms with Crippen LogP contribution in [0.2, 0.25) is 0 Å². The van der Waals surface area contributed by atoms with Crippen molar-refractivity contribution in [2.24, 2.45) is 5.73 Å². The topological polar surface area (TPSA) is 51.8 Å². The van der Waals surface area contributed by atoms with E-state index in [1.54, 1.807) is 0 Å². The highest BCUT2D eigenvalue weighted by Gasteiger charge is 2.37. The number of aryl methyl sites for hydroxylation is 3. The van der Waals surface area contributed by atoms with Gasteiger partial charge in [0.05, 0.1) is 0 Å². The fraction of sp³-hybridized carbons (Fsp3) is 0.636. The quantitative estimate of drug-likeness (QED) is 0.788. The first-order valence-corrected chi connectivity index (χ1v) is 5.17. The monoisotopic (exact) mass is 191 g/mol. The summed E-state index contributed by atoms with van der Waals surface area (Å²) in [6.45, 7) is 3.94. The SMILES string of the molecule is Cc1cc(CCC2(N)CC2)nc(C)n1. The third kappa shape index (κ3) is 2.29. The third-order valence-electron chi connectivity index (χ3n) is 2.79. The smallest absolute Gasteiger partial charge is 0.125 e. The van der Waals surface area contributed by atoms with Gasteiger partial charge in [-0.05, 0) is 45.6 Å². The Morgan fingerprint density at radius 3 is 2.64 bits per heavy atom. The summed E-state index contributed by atoms with van der Waals surface area (Å²) >= 11 is 0. The average Bonchev–Trinajstić information content (AvgIpc) is 2.80. The van der Waals surface area contributed by atoms with Gasteiger partial charge in [0.2, 0.25) is 0 Å². The van der Waals surface area contributed by atoms with Gasteiger partial charge in [-0.2, -0.15) is 0 Å². The number of hydrogen-bond acceptors (Lipinski definition) is 3. The Hall–Kier alpha value is -0.960. The molecule has 1 aliphatic rings. The number of hydrogen-bond donors (Lipinski definition) is 1. The van der Waals surface area contributed by atoms with Gasteiger partial charge in [-0.1, -0.05) is 0 Å². The molecule has 0 spiro atoms. The van der Waals surface area contributed by atoms with Gasteiger partial charge in [0.1, 0.15) is 5.82 Å². The predicted octanol–water partition coefficient (Wildman–Crippen LogP) is 1.52. The second kappa shape index (κ2) is 3.31. The Bertz CT molecular complexity index is 322. The van der Waals surface area contributed by atoms with E-state index in [1.807, 2.05) is 13.8 Å². The molecule has 1 aromatic heterocycles. The van der Waals surface area contributed by atoms with Crippen LogP contribution in [0.25, 0.3) is 0 Å². The van der Waals surface area contributed by atoms with Gasteiger partial charge in [0, 0.05) is 16.9 Å². The molecular formula is C11H17N3. The second-order valence-electron chi connectivity index (χ2n) is 4.41. The van der Waals surface area contributed by atoms with Crippen LogP contribution in [-0.4, -0.2) is 15.5 Å². The van der Waals surface area contributed by atoms with Crippen molar-refractivity contribution in [2.45, 2.75) is 45.1 Å². The molecular weight excluding hydrogens is 174 g/mol. The van der Waals surface area contributed by atoms with Gasteiger partial charge in [0.25, 0.3) is 0 Å². The zero-order chi connectivity index (χ0) is 10.2. The molecule has 0 aliphatic heterocycles. The highest BCUT2D eigenvalue weighted by molar-refractivity contribution is 5.11.